The van der Waals surface area contributed by atoms with Crippen molar-refractivity contribution in [2.24, 2.45) is 11.8 Å². The summed E-state index contributed by atoms with van der Waals surface area (Å²) in [5, 5.41) is 2.45. The molecule has 1 saturated carbocycles. The first-order valence-electron chi connectivity index (χ1n) is 10.4. The summed E-state index contributed by atoms with van der Waals surface area (Å²) < 4.78 is 69.9. The van der Waals surface area contributed by atoms with Crippen LogP contribution < -0.4 is 10.2 Å². The fraction of sp³-hybridized carbons (Fsp3) is 0.409. The van der Waals surface area contributed by atoms with E-state index in [0.29, 0.717) is 19.3 Å². The van der Waals surface area contributed by atoms with Crippen LogP contribution in [0.5, 0.6) is 0 Å². The highest BCUT2D eigenvalue weighted by molar-refractivity contribution is 5.90. The van der Waals surface area contributed by atoms with Crippen molar-refractivity contribution in [2.45, 2.75) is 18.7 Å². The van der Waals surface area contributed by atoms with Crippen LogP contribution in [0.2, 0.25) is 0 Å². The number of carbonyl (C=O) groups excluding carboxylic acids is 2. The Hall–Kier alpha value is -3.21. The van der Waals surface area contributed by atoms with Gasteiger partial charge in [-0.3, -0.25) is 14.7 Å². The van der Waals surface area contributed by atoms with E-state index >= 15 is 4.39 Å². The van der Waals surface area contributed by atoms with Crippen LogP contribution in [0.4, 0.5) is 28.0 Å². The van der Waals surface area contributed by atoms with Crippen molar-refractivity contribution in [1.29, 1.82) is 0 Å². The Kier molecular flexibility index (Phi) is 5.04. The van der Waals surface area contributed by atoms with Crippen molar-refractivity contribution in [1.82, 2.24) is 10.3 Å². The predicted octanol–water partition coefficient (Wildman–Crippen LogP) is 3.07. The Morgan fingerprint density at radius 2 is 1.97 bits per heavy atom. The Balaban J connectivity index is 1.40. The summed E-state index contributed by atoms with van der Waals surface area (Å²) in [5.74, 6) is -4.99. The van der Waals surface area contributed by atoms with Gasteiger partial charge in [0.05, 0.1) is 43.2 Å². The van der Waals surface area contributed by atoms with Crippen LogP contribution in [0.15, 0.2) is 24.4 Å². The Morgan fingerprint density at radius 1 is 1.24 bits per heavy atom. The van der Waals surface area contributed by atoms with Gasteiger partial charge in [-0.2, -0.15) is 0 Å². The molecule has 0 bridgehead atoms. The average molecular weight is 465 g/mol. The van der Waals surface area contributed by atoms with Gasteiger partial charge in [0.1, 0.15) is 11.9 Å². The number of cyclic esters (lactones) is 1. The molecule has 1 aliphatic carbocycles. The Morgan fingerprint density at radius 3 is 2.61 bits per heavy atom. The number of ether oxygens (including phenoxy) is 2. The molecule has 5 rings (SSSR count). The number of benzene rings is 1. The molecule has 7 nitrogen and oxygen atoms in total. The second-order valence-corrected chi connectivity index (χ2v) is 8.38. The minimum Gasteiger partial charge on any atom is -0.442 e. The van der Waals surface area contributed by atoms with Crippen LogP contribution >= 0.6 is 0 Å². The summed E-state index contributed by atoms with van der Waals surface area (Å²) in [6.07, 6.45) is -0.697. The number of nitrogens with zero attached hydrogens (tertiary/aromatic N) is 2. The molecule has 1 unspecified atom stereocenters. The van der Waals surface area contributed by atoms with Crippen molar-refractivity contribution in [3.63, 3.8) is 0 Å². The molecule has 3 fully saturated rings. The summed E-state index contributed by atoms with van der Waals surface area (Å²) in [4.78, 5) is 27.9. The number of hydrogen-bond donors (Lipinski definition) is 1. The van der Waals surface area contributed by atoms with Crippen molar-refractivity contribution < 1.29 is 36.6 Å². The Labute approximate surface area is 185 Å². The highest BCUT2D eigenvalue weighted by Crippen LogP contribution is 2.63. The standard InChI is InChI=1S/C22H19F4N3O4/c1-10(30)27-6-12-7-29(21(31)33-12)16-4-15(23)18(20(25)19(16)24)11-2-3-17(28-5-11)22(26)13-8-32-9-14(13)22/h2-5,12-14H,6-9H2,1H3,(H,27,30)/t12-,13-,14+,22?/m0/s1. The van der Waals surface area contributed by atoms with Gasteiger partial charge >= 0.3 is 6.09 Å². The van der Waals surface area contributed by atoms with Crippen molar-refractivity contribution in [3.8, 4) is 11.1 Å². The molecule has 1 N–H and O–H groups in total. The quantitative estimate of drug-likeness (QED) is 0.543. The maximum Gasteiger partial charge on any atom is 0.414 e. The van der Waals surface area contributed by atoms with Gasteiger partial charge in [-0.15, -0.1) is 0 Å². The van der Waals surface area contributed by atoms with E-state index in [9.17, 15) is 22.8 Å². The van der Waals surface area contributed by atoms with Gasteiger partial charge in [0.25, 0.3) is 0 Å². The minimum atomic E-state index is -1.62. The molecule has 2 saturated heterocycles. The number of hydrogen-bond acceptors (Lipinski definition) is 5. The lowest BCUT2D eigenvalue weighted by atomic mass is 10.0. The van der Waals surface area contributed by atoms with E-state index in [-0.39, 0.29) is 42.1 Å². The van der Waals surface area contributed by atoms with Gasteiger partial charge in [0.15, 0.2) is 17.3 Å². The molecule has 0 radical (unpaired) electrons. The van der Waals surface area contributed by atoms with E-state index in [4.69, 9.17) is 9.47 Å². The van der Waals surface area contributed by atoms with Gasteiger partial charge in [0.2, 0.25) is 5.91 Å². The second kappa shape index (κ2) is 7.68. The molecule has 1 aromatic carbocycles. The maximum absolute atomic E-state index is 15.1. The normalized spacial score (nSPS) is 28.0. The molecule has 4 atom stereocenters. The van der Waals surface area contributed by atoms with Crippen LogP contribution in [-0.2, 0) is 19.9 Å². The van der Waals surface area contributed by atoms with Crippen molar-refractivity contribution in [2.75, 3.05) is 31.2 Å². The number of anilines is 1. The molecule has 174 valence electrons. The minimum absolute atomic E-state index is 0.0237. The molecule has 0 spiro atoms. The lowest BCUT2D eigenvalue weighted by Crippen LogP contribution is -2.33. The third-order valence-electron chi connectivity index (χ3n) is 6.38. The maximum atomic E-state index is 15.1. The smallest absolute Gasteiger partial charge is 0.414 e. The van der Waals surface area contributed by atoms with Gasteiger partial charge in [-0.1, -0.05) is 6.07 Å². The van der Waals surface area contributed by atoms with E-state index in [2.05, 4.69) is 10.3 Å². The fourth-order valence-electron chi connectivity index (χ4n) is 4.57. The van der Waals surface area contributed by atoms with Crippen molar-refractivity contribution >= 4 is 17.7 Å². The zero-order valence-corrected chi connectivity index (χ0v) is 17.4. The number of alkyl halides is 1. The molecular formula is C22H19F4N3O4. The van der Waals surface area contributed by atoms with Crippen LogP contribution in [0.3, 0.4) is 0 Å². The number of pyridine rings is 1. The monoisotopic (exact) mass is 465 g/mol. The number of amides is 2. The lowest BCUT2D eigenvalue weighted by Gasteiger charge is -2.17. The molecule has 33 heavy (non-hydrogen) atoms. The van der Waals surface area contributed by atoms with E-state index in [1.165, 1.54) is 19.1 Å². The second-order valence-electron chi connectivity index (χ2n) is 8.38. The van der Waals surface area contributed by atoms with E-state index < -0.39 is 46.6 Å². The first-order valence-corrected chi connectivity index (χ1v) is 10.4. The van der Waals surface area contributed by atoms with E-state index in [1.54, 1.807) is 0 Å². The largest absolute Gasteiger partial charge is 0.442 e. The first kappa shape index (κ1) is 21.6. The van der Waals surface area contributed by atoms with Crippen LogP contribution in [0, 0.1) is 29.3 Å². The first-order chi connectivity index (χ1) is 15.7. The predicted molar refractivity (Wildman–Crippen MR) is 106 cm³/mol. The highest BCUT2D eigenvalue weighted by Gasteiger charge is 2.70. The summed E-state index contributed by atoms with van der Waals surface area (Å²) >= 11 is 0. The Bertz CT molecular complexity index is 1130. The number of nitrogens with one attached hydrogen (secondary N) is 1. The molecule has 2 aliphatic heterocycles. The number of rotatable bonds is 5. The zero-order chi connectivity index (χ0) is 23.5. The topological polar surface area (TPSA) is 80.8 Å². The number of aromatic nitrogens is 1. The van der Waals surface area contributed by atoms with E-state index in [1.807, 2.05) is 0 Å². The molecular weight excluding hydrogens is 446 g/mol. The lowest BCUT2D eigenvalue weighted by molar-refractivity contribution is -0.119. The molecule has 3 aliphatic rings. The SMILES string of the molecule is CC(=O)NC[C@H]1CN(c2cc(F)c(-c3ccc(C4(F)[C@@H]5COC[C@@H]54)nc3)c(F)c2F)C(=O)O1. The van der Waals surface area contributed by atoms with Crippen LogP contribution in [0.1, 0.15) is 12.6 Å². The highest BCUT2D eigenvalue weighted by atomic mass is 19.2. The molecule has 1 aromatic heterocycles. The number of carbonyl (C=O) groups is 2. The van der Waals surface area contributed by atoms with Crippen LogP contribution in [-0.4, -0.2) is 49.4 Å². The number of fused-ring (bicyclic) bond motifs is 1. The molecule has 2 aromatic rings. The summed E-state index contributed by atoms with van der Waals surface area (Å²) in [7, 11) is 0. The van der Waals surface area contributed by atoms with E-state index in [0.717, 1.165) is 11.1 Å². The summed E-state index contributed by atoms with van der Waals surface area (Å²) in [6.45, 7) is 1.65. The molecule has 2 amide bonds. The fourth-order valence-corrected chi connectivity index (χ4v) is 4.57. The summed E-state index contributed by atoms with van der Waals surface area (Å²) in [5.41, 5.74) is -2.84. The van der Waals surface area contributed by atoms with Gasteiger partial charge in [-0.05, 0) is 6.07 Å². The van der Waals surface area contributed by atoms with Crippen LogP contribution in [0.25, 0.3) is 11.1 Å². The third kappa shape index (κ3) is 3.41. The molecule has 11 heteroatoms. The van der Waals surface area contributed by atoms with Gasteiger partial charge in [0, 0.05) is 36.6 Å². The summed E-state index contributed by atoms with van der Waals surface area (Å²) in [6, 6.07) is 3.32. The average Bonchev–Trinajstić information content (AvgIpc) is 3.14. The van der Waals surface area contributed by atoms with Crippen molar-refractivity contribution in [3.05, 3.63) is 47.5 Å². The molecule has 3 heterocycles. The zero-order valence-electron chi connectivity index (χ0n) is 17.4. The van der Waals surface area contributed by atoms with Gasteiger partial charge < -0.3 is 14.8 Å². The third-order valence-corrected chi connectivity index (χ3v) is 6.38. The number of halogens is 4. The van der Waals surface area contributed by atoms with Gasteiger partial charge in [-0.25, -0.2) is 22.4 Å².